The molecule has 6 heteroatoms. The monoisotopic (exact) mass is 304 g/mol. The first-order valence-corrected chi connectivity index (χ1v) is 7.79. The summed E-state index contributed by atoms with van der Waals surface area (Å²) in [7, 11) is -1.35. The number of hydrogen-bond acceptors (Lipinski definition) is 3. The van der Waals surface area contributed by atoms with Gasteiger partial charge < -0.3 is 9.84 Å². The van der Waals surface area contributed by atoms with Crippen molar-refractivity contribution in [3.8, 4) is 5.75 Å². The molecule has 4 nitrogen and oxygen atoms in total. The Morgan fingerprint density at radius 1 is 1.42 bits per heavy atom. The van der Waals surface area contributed by atoms with Crippen molar-refractivity contribution >= 4 is 28.4 Å². The number of benzene rings is 1. The van der Waals surface area contributed by atoms with E-state index in [1.54, 1.807) is 31.2 Å². The number of ether oxygens (including phenoxy) is 1. The Morgan fingerprint density at radius 2 is 2.05 bits per heavy atom. The summed E-state index contributed by atoms with van der Waals surface area (Å²) in [5, 5.41) is 8.73. The minimum atomic E-state index is -1.35. The fourth-order valence-corrected chi connectivity index (χ4v) is 2.95. The molecule has 19 heavy (non-hydrogen) atoms. The number of carboxylic acids is 1. The molecule has 0 amide bonds. The second kappa shape index (κ2) is 8.17. The van der Waals surface area contributed by atoms with Crippen LogP contribution < -0.4 is 4.74 Å². The maximum absolute atomic E-state index is 11.7. The fourth-order valence-electron chi connectivity index (χ4n) is 1.54. The van der Waals surface area contributed by atoms with Gasteiger partial charge in [0.2, 0.25) is 0 Å². The first kappa shape index (κ1) is 16.0. The van der Waals surface area contributed by atoms with E-state index in [0.717, 1.165) is 0 Å². The van der Waals surface area contributed by atoms with Crippen molar-refractivity contribution < 1.29 is 18.8 Å². The highest BCUT2D eigenvalue weighted by atomic mass is 35.5. The van der Waals surface area contributed by atoms with Crippen LogP contribution in [0, 0.1) is 0 Å². The molecule has 1 aromatic rings. The molecule has 2 atom stereocenters. The minimum Gasteiger partial charge on any atom is -0.494 e. The zero-order valence-corrected chi connectivity index (χ0v) is 12.2. The molecule has 0 aromatic heterocycles. The van der Waals surface area contributed by atoms with Gasteiger partial charge >= 0.3 is 5.97 Å². The predicted octanol–water partition coefficient (Wildman–Crippen LogP) is 2.72. The maximum atomic E-state index is 11.7. The van der Waals surface area contributed by atoms with Crippen LogP contribution in [0.4, 0.5) is 0 Å². The molecule has 0 radical (unpaired) electrons. The lowest BCUT2D eigenvalue weighted by Crippen LogP contribution is -2.26. The molecule has 1 N–H and O–H groups in total. The van der Waals surface area contributed by atoms with E-state index in [0.29, 0.717) is 36.0 Å². The van der Waals surface area contributed by atoms with E-state index < -0.39 is 22.0 Å². The molecule has 0 aliphatic rings. The van der Waals surface area contributed by atoms with Gasteiger partial charge in [-0.1, -0.05) is 18.5 Å². The summed E-state index contributed by atoms with van der Waals surface area (Å²) in [5.74, 6) is 0.0261. The molecular formula is C13H17ClO4S. The first-order chi connectivity index (χ1) is 9.04. The number of hydrogen-bond donors (Lipinski definition) is 1. The third-order valence-corrected chi connectivity index (χ3v) is 4.65. The molecule has 0 spiro atoms. The maximum Gasteiger partial charge on any atom is 0.319 e. The van der Waals surface area contributed by atoms with Crippen molar-refractivity contribution in [3.63, 3.8) is 0 Å². The van der Waals surface area contributed by atoms with Crippen LogP contribution in [0.25, 0.3) is 0 Å². The molecule has 2 unspecified atom stereocenters. The SMILES string of the molecule is CCC(C(=O)O)S(=O)CCCOc1ccc(Cl)cc1. The summed E-state index contributed by atoms with van der Waals surface area (Å²) in [6, 6.07) is 6.97. The van der Waals surface area contributed by atoms with E-state index in [9.17, 15) is 9.00 Å². The summed E-state index contributed by atoms with van der Waals surface area (Å²) < 4.78 is 17.2. The van der Waals surface area contributed by atoms with Crippen LogP contribution in [0.5, 0.6) is 5.75 Å². The van der Waals surface area contributed by atoms with Crippen molar-refractivity contribution in [3.05, 3.63) is 29.3 Å². The average molecular weight is 305 g/mol. The topological polar surface area (TPSA) is 63.6 Å². The second-order valence-electron chi connectivity index (χ2n) is 3.98. The quantitative estimate of drug-likeness (QED) is 0.750. The van der Waals surface area contributed by atoms with Crippen molar-refractivity contribution in [1.29, 1.82) is 0 Å². The number of aliphatic carboxylic acids is 1. The van der Waals surface area contributed by atoms with Crippen LogP contribution in [-0.4, -0.2) is 32.9 Å². The molecule has 0 bridgehead atoms. The van der Waals surface area contributed by atoms with Gasteiger partial charge in [0.15, 0.2) is 0 Å². The Morgan fingerprint density at radius 3 is 2.58 bits per heavy atom. The molecule has 0 aliphatic heterocycles. The first-order valence-electron chi connectivity index (χ1n) is 6.03. The molecule has 1 aromatic carbocycles. The lowest BCUT2D eigenvalue weighted by molar-refractivity contribution is -0.136. The molecule has 0 saturated heterocycles. The van der Waals surface area contributed by atoms with Gasteiger partial charge in [-0.25, -0.2) is 0 Å². The third-order valence-electron chi connectivity index (χ3n) is 2.54. The smallest absolute Gasteiger partial charge is 0.319 e. The average Bonchev–Trinajstić information content (AvgIpc) is 2.37. The van der Waals surface area contributed by atoms with E-state index in [-0.39, 0.29) is 0 Å². The van der Waals surface area contributed by atoms with Gasteiger partial charge in [-0.2, -0.15) is 0 Å². The Hall–Kier alpha value is -1.07. The van der Waals surface area contributed by atoms with E-state index in [4.69, 9.17) is 21.4 Å². The van der Waals surface area contributed by atoms with Crippen LogP contribution in [0.1, 0.15) is 19.8 Å². The molecule has 0 aliphatic carbocycles. The van der Waals surface area contributed by atoms with Gasteiger partial charge in [0.05, 0.1) is 6.61 Å². The van der Waals surface area contributed by atoms with Gasteiger partial charge in [0, 0.05) is 21.6 Å². The largest absolute Gasteiger partial charge is 0.494 e. The number of carbonyl (C=O) groups is 1. The van der Waals surface area contributed by atoms with Gasteiger partial charge in [0.1, 0.15) is 11.0 Å². The van der Waals surface area contributed by atoms with Crippen LogP contribution in [0.2, 0.25) is 5.02 Å². The van der Waals surface area contributed by atoms with E-state index in [1.165, 1.54) is 0 Å². The Labute approximate surface area is 120 Å². The van der Waals surface area contributed by atoms with Crippen LogP contribution in [0.3, 0.4) is 0 Å². The standard InChI is InChI=1S/C13H17ClO4S/c1-2-12(13(15)16)19(17)9-3-8-18-11-6-4-10(14)5-7-11/h4-7,12H,2-3,8-9H2,1H3,(H,15,16). The molecule has 1 rings (SSSR count). The van der Waals surface area contributed by atoms with Gasteiger partial charge in [0.25, 0.3) is 0 Å². The van der Waals surface area contributed by atoms with Crippen molar-refractivity contribution in [2.24, 2.45) is 0 Å². The Balaban J connectivity index is 2.29. The fraction of sp³-hybridized carbons (Fsp3) is 0.462. The summed E-state index contributed by atoms with van der Waals surface area (Å²) in [4.78, 5) is 10.8. The second-order valence-corrected chi connectivity index (χ2v) is 6.15. The normalized spacial score (nSPS) is 13.8. The molecule has 106 valence electrons. The van der Waals surface area contributed by atoms with Gasteiger partial charge in [-0.15, -0.1) is 0 Å². The zero-order valence-electron chi connectivity index (χ0n) is 10.7. The third kappa shape index (κ3) is 5.61. The zero-order chi connectivity index (χ0) is 14.3. The Kier molecular flexibility index (Phi) is 6.87. The molecule has 0 heterocycles. The summed E-state index contributed by atoms with van der Waals surface area (Å²) >= 11 is 5.74. The highest BCUT2D eigenvalue weighted by Crippen LogP contribution is 2.15. The van der Waals surface area contributed by atoms with E-state index in [2.05, 4.69) is 0 Å². The lowest BCUT2D eigenvalue weighted by atomic mass is 10.3. The van der Waals surface area contributed by atoms with Crippen LogP contribution in [-0.2, 0) is 15.6 Å². The van der Waals surface area contributed by atoms with Crippen LogP contribution >= 0.6 is 11.6 Å². The predicted molar refractivity (Wildman–Crippen MR) is 76.3 cm³/mol. The van der Waals surface area contributed by atoms with E-state index >= 15 is 0 Å². The lowest BCUT2D eigenvalue weighted by Gasteiger charge is -2.10. The highest BCUT2D eigenvalue weighted by molar-refractivity contribution is 7.86. The van der Waals surface area contributed by atoms with Crippen molar-refractivity contribution in [2.45, 2.75) is 25.0 Å². The number of carboxylic acid groups (broad SMARTS) is 1. The molecule has 0 fully saturated rings. The van der Waals surface area contributed by atoms with Crippen molar-refractivity contribution in [1.82, 2.24) is 0 Å². The van der Waals surface area contributed by atoms with Gasteiger partial charge in [-0.3, -0.25) is 9.00 Å². The number of halogens is 1. The van der Waals surface area contributed by atoms with Crippen molar-refractivity contribution in [2.75, 3.05) is 12.4 Å². The minimum absolute atomic E-state index is 0.332. The Bertz CT molecular complexity index is 433. The number of rotatable bonds is 8. The summed E-state index contributed by atoms with van der Waals surface area (Å²) in [6.07, 6.45) is 0.930. The van der Waals surface area contributed by atoms with Crippen LogP contribution in [0.15, 0.2) is 24.3 Å². The summed E-state index contributed by atoms with van der Waals surface area (Å²) in [6.45, 7) is 2.13. The molecule has 0 saturated carbocycles. The molecular weight excluding hydrogens is 288 g/mol. The van der Waals surface area contributed by atoms with E-state index in [1.807, 2.05) is 0 Å². The summed E-state index contributed by atoms with van der Waals surface area (Å²) in [5.41, 5.74) is 0. The highest BCUT2D eigenvalue weighted by Gasteiger charge is 2.21. The van der Waals surface area contributed by atoms with Gasteiger partial charge in [-0.05, 0) is 37.1 Å².